The maximum Gasteiger partial charge on any atom is 0.315 e. The minimum absolute atomic E-state index is 0.146. The lowest BCUT2D eigenvalue weighted by molar-refractivity contribution is 0.0963. The van der Waals surface area contributed by atoms with Crippen molar-refractivity contribution in [3.8, 4) is 0 Å². The van der Waals surface area contributed by atoms with E-state index in [4.69, 9.17) is 23.2 Å². The van der Waals surface area contributed by atoms with Crippen LogP contribution in [0.5, 0.6) is 0 Å². The molecule has 2 aromatic carbocycles. The predicted molar refractivity (Wildman–Crippen MR) is 100 cm³/mol. The number of urea groups is 1. The molecule has 132 valence electrons. The van der Waals surface area contributed by atoms with Crippen LogP contribution in [-0.2, 0) is 6.54 Å². The molecule has 0 spiro atoms. The Morgan fingerprint density at radius 1 is 1.04 bits per heavy atom. The van der Waals surface area contributed by atoms with Crippen LogP contribution >= 0.6 is 23.2 Å². The average Bonchev–Trinajstić information content (AvgIpc) is 2.62. The smallest absolute Gasteiger partial charge is 0.315 e. The maximum absolute atomic E-state index is 12.0. The number of amides is 3. The van der Waals surface area contributed by atoms with Gasteiger partial charge in [-0.05, 0) is 42.3 Å². The minimum Gasteiger partial charge on any atom is -0.355 e. The van der Waals surface area contributed by atoms with Gasteiger partial charge in [-0.2, -0.15) is 0 Å². The van der Waals surface area contributed by atoms with Crippen molar-refractivity contribution in [2.45, 2.75) is 19.5 Å². The number of carbonyl (C=O) groups is 2. The fraction of sp³-hybridized carbons (Fsp3) is 0.222. The number of nitrogens with one attached hydrogen (secondary N) is 3. The van der Waals surface area contributed by atoms with Crippen LogP contribution in [0.15, 0.2) is 42.5 Å². The highest BCUT2D eigenvalue weighted by Gasteiger charge is 2.11. The number of benzene rings is 2. The van der Waals surface area contributed by atoms with Gasteiger partial charge >= 0.3 is 6.03 Å². The molecule has 0 heterocycles. The summed E-state index contributed by atoms with van der Waals surface area (Å²) in [5.41, 5.74) is 2.33. The monoisotopic (exact) mass is 379 g/mol. The first-order chi connectivity index (χ1) is 11.9. The first kappa shape index (κ1) is 19.1. The van der Waals surface area contributed by atoms with Crippen LogP contribution in [0.2, 0.25) is 10.0 Å². The van der Waals surface area contributed by atoms with Gasteiger partial charge in [0.1, 0.15) is 0 Å². The summed E-state index contributed by atoms with van der Waals surface area (Å²) in [5.74, 6) is -0.146. The van der Waals surface area contributed by atoms with Crippen molar-refractivity contribution < 1.29 is 9.59 Å². The van der Waals surface area contributed by atoms with E-state index in [-0.39, 0.29) is 18.0 Å². The Bertz CT molecular complexity index is 763. The fourth-order valence-corrected chi connectivity index (χ4v) is 2.52. The number of hydrogen-bond acceptors (Lipinski definition) is 2. The molecule has 0 aliphatic carbocycles. The molecule has 25 heavy (non-hydrogen) atoms. The van der Waals surface area contributed by atoms with E-state index in [1.165, 1.54) is 0 Å². The lowest BCUT2D eigenvalue weighted by Gasteiger charge is -2.16. The summed E-state index contributed by atoms with van der Waals surface area (Å²) < 4.78 is 0. The van der Waals surface area contributed by atoms with Crippen molar-refractivity contribution in [3.05, 3.63) is 69.2 Å². The Morgan fingerprint density at radius 2 is 1.72 bits per heavy atom. The molecular weight excluding hydrogens is 361 g/mol. The largest absolute Gasteiger partial charge is 0.355 e. The quantitative estimate of drug-likeness (QED) is 0.736. The van der Waals surface area contributed by atoms with Gasteiger partial charge in [0.05, 0.1) is 16.1 Å². The topological polar surface area (TPSA) is 70.2 Å². The number of rotatable bonds is 5. The zero-order valence-electron chi connectivity index (χ0n) is 13.9. The molecule has 0 bridgehead atoms. The Labute approximate surface area is 156 Å². The normalized spacial score (nSPS) is 11.5. The molecule has 0 fully saturated rings. The predicted octanol–water partition coefficient (Wildman–Crippen LogP) is 3.91. The molecule has 0 radical (unpaired) electrons. The first-order valence-electron chi connectivity index (χ1n) is 7.71. The highest BCUT2D eigenvalue weighted by atomic mass is 35.5. The summed E-state index contributed by atoms with van der Waals surface area (Å²) in [6.45, 7) is 2.21. The molecule has 2 aromatic rings. The Balaban J connectivity index is 1.87. The molecular formula is C18H19Cl2N3O2. The maximum atomic E-state index is 12.0. The molecule has 2 rings (SSSR count). The van der Waals surface area contributed by atoms with Crippen LogP contribution in [-0.4, -0.2) is 19.0 Å². The van der Waals surface area contributed by atoms with Crippen LogP contribution in [0.25, 0.3) is 0 Å². The third kappa shape index (κ3) is 5.37. The fourth-order valence-electron chi connectivity index (χ4n) is 2.21. The molecule has 0 aliphatic rings. The van der Waals surface area contributed by atoms with Crippen molar-refractivity contribution in [3.63, 3.8) is 0 Å². The molecule has 3 N–H and O–H groups in total. The van der Waals surface area contributed by atoms with Crippen molar-refractivity contribution in [2.75, 3.05) is 7.05 Å². The lowest BCUT2D eigenvalue weighted by atomic mass is 10.1. The number of carbonyl (C=O) groups excluding carboxylic acids is 2. The highest BCUT2D eigenvalue weighted by Crippen LogP contribution is 2.25. The van der Waals surface area contributed by atoms with E-state index in [0.717, 1.165) is 11.1 Å². The zero-order chi connectivity index (χ0) is 18.4. The van der Waals surface area contributed by atoms with E-state index in [0.29, 0.717) is 22.2 Å². The molecule has 1 atom stereocenters. The second kappa shape index (κ2) is 8.74. The van der Waals surface area contributed by atoms with E-state index in [1.807, 2.05) is 13.0 Å². The van der Waals surface area contributed by atoms with Gasteiger partial charge in [-0.15, -0.1) is 0 Å². The van der Waals surface area contributed by atoms with Crippen molar-refractivity contribution in [1.29, 1.82) is 0 Å². The molecule has 5 nitrogen and oxygen atoms in total. The first-order valence-corrected chi connectivity index (χ1v) is 8.46. The molecule has 7 heteroatoms. The summed E-state index contributed by atoms with van der Waals surface area (Å²) in [5, 5.41) is 9.10. The minimum atomic E-state index is -0.297. The van der Waals surface area contributed by atoms with Gasteiger partial charge in [-0.1, -0.05) is 41.4 Å². The van der Waals surface area contributed by atoms with Crippen molar-refractivity contribution in [2.24, 2.45) is 0 Å². The molecule has 1 unspecified atom stereocenters. The summed E-state index contributed by atoms with van der Waals surface area (Å²) in [7, 11) is 1.58. The zero-order valence-corrected chi connectivity index (χ0v) is 15.4. The van der Waals surface area contributed by atoms with E-state index in [1.54, 1.807) is 43.4 Å². The number of halogens is 2. The van der Waals surface area contributed by atoms with Gasteiger partial charge in [0.2, 0.25) is 0 Å². The number of hydrogen-bond donors (Lipinski definition) is 3. The third-order valence-corrected chi connectivity index (χ3v) is 4.43. The Hall–Kier alpha value is -2.24. The molecule has 0 saturated heterocycles. The Morgan fingerprint density at radius 3 is 2.32 bits per heavy atom. The van der Waals surface area contributed by atoms with Crippen LogP contribution in [0.4, 0.5) is 4.79 Å². The van der Waals surface area contributed by atoms with Crippen LogP contribution in [0, 0.1) is 0 Å². The third-order valence-electron chi connectivity index (χ3n) is 3.69. The summed E-state index contributed by atoms with van der Waals surface area (Å²) >= 11 is 11.9. The van der Waals surface area contributed by atoms with Gasteiger partial charge in [-0.3, -0.25) is 4.79 Å². The van der Waals surface area contributed by atoms with E-state index in [2.05, 4.69) is 16.0 Å². The van der Waals surface area contributed by atoms with Gasteiger partial charge in [0.25, 0.3) is 5.91 Å². The van der Waals surface area contributed by atoms with E-state index < -0.39 is 0 Å². The molecule has 3 amide bonds. The Kier molecular flexibility index (Phi) is 6.67. The van der Waals surface area contributed by atoms with Crippen LogP contribution in [0.3, 0.4) is 0 Å². The van der Waals surface area contributed by atoms with Crippen molar-refractivity contribution >= 4 is 35.1 Å². The van der Waals surface area contributed by atoms with Crippen LogP contribution < -0.4 is 16.0 Å². The van der Waals surface area contributed by atoms with E-state index >= 15 is 0 Å². The second-order valence-electron chi connectivity index (χ2n) is 5.50. The molecule has 0 aliphatic heterocycles. The lowest BCUT2D eigenvalue weighted by Crippen LogP contribution is -2.36. The molecule has 0 saturated carbocycles. The van der Waals surface area contributed by atoms with Crippen molar-refractivity contribution in [1.82, 2.24) is 16.0 Å². The van der Waals surface area contributed by atoms with Gasteiger partial charge in [-0.25, -0.2) is 4.79 Å². The standard InChI is InChI=1S/C18H19Cl2N3O2/c1-11(14-7-8-15(19)16(20)9-14)23-18(25)22-10-12-3-5-13(6-4-12)17(24)21-2/h3-9,11H,10H2,1-2H3,(H,21,24)(H2,22,23,25). The second-order valence-corrected chi connectivity index (χ2v) is 6.31. The summed E-state index contributed by atoms with van der Waals surface area (Å²) in [6.07, 6.45) is 0. The average molecular weight is 380 g/mol. The highest BCUT2D eigenvalue weighted by molar-refractivity contribution is 6.42. The SMILES string of the molecule is CNC(=O)c1ccc(CNC(=O)NC(C)c2ccc(Cl)c(Cl)c2)cc1. The van der Waals surface area contributed by atoms with Gasteiger partial charge in [0.15, 0.2) is 0 Å². The summed E-state index contributed by atoms with van der Waals surface area (Å²) in [6, 6.07) is 11.8. The van der Waals surface area contributed by atoms with Gasteiger partial charge < -0.3 is 16.0 Å². The van der Waals surface area contributed by atoms with Crippen LogP contribution in [0.1, 0.15) is 34.5 Å². The summed E-state index contributed by atoms with van der Waals surface area (Å²) in [4.78, 5) is 23.5. The molecule has 0 aromatic heterocycles. The van der Waals surface area contributed by atoms with Gasteiger partial charge in [0, 0.05) is 19.2 Å². The van der Waals surface area contributed by atoms with E-state index in [9.17, 15) is 9.59 Å².